The van der Waals surface area contributed by atoms with Gasteiger partial charge in [-0.3, -0.25) is 0 Å². The number of nitrogens with zero attached hydrogens (tertiary/aromatic N) is 1. The zero-order valence-corrected chi connectivity index (χ0v) is 17.8. The van der Waals surface area contributed by atoms with Gasteiger partial charge >= 0.3 is 0 Å². The maximum absolute atomic E-state index is 5.96. The van der Waals surface area contributed by atoms with Crippen LogP contribution in [-0.2, 0) is 6.54 Å². The number of nitrogens with two attached hydrogens (primary N) is 1. The van der Waals surface area contributed by atoms with Crippen LogP contribution in [0.5, 0.6) is 11.5 Å². The third-order valence-corrected chi connectivity index (χ3v) is 3.69. The van der Waals surface area contributed by atoms with Gasteiger partial charge in [-0.1, -0.05) is 32.8 Å². The summed E-state index contributed by atoms with van der Waals surface area (Å²) in [6, 6.07) is 6.09. The molecule has 0 aromatic heterocycles. The molecule has 1 atom stereocenters. The quantitative estimate of drug-likeness (QED) is 0.341. The van der Waals surface area contributed by atoms with Crippen LogP contribution in [0.1, 0.15) is 45.6 Å². The molecular weight excluding hydrogens is 417 g/mol. The van der Waals surface area contributed by atoms with E-state index >= 15 is 0 Å². The molecule has 5 nitrogen and oxygen atoms in total. The topological polar surface area (TPSA) is 68.9 Å². The molecule has 1 rings (SSSR count). The van der Waals surface area contributed by atoms with Gasteiger partial charge in [0.2, 0.25) is 0 Å². The molecule has 0 amide bonds. The predicted molar refractivity (Wildman–Crippen MR) is 112 cm³/mol. The number of benzene rings is 1. The van der Waals surface area contributed by atoms with Crippen molar-refractivity contribution in [3.63, 3.8) is 0 Å². The van der Waals surface area contributed by atoms with Crippen LogP contribution in [0.3, 0.4) is 0 Å². The lowest BCUT2D eigenvalue weighted by Crippen LogP contribution is -2.38. The first kappa shape index (κ1) is 22.8. The van der Waals surface area contributed by atoms with Crippen molar-refractivity contribution in [2.75, 3.05) is 14.2 Å². The number of rotatable bonds is 9. The number of nitrogens with one attached hydrogen (secondary N) is 1. The molecule has 0 saturated carbocycles. The Labute approximate surface area is 163 Å². The lowest BCUT2D eigenvalue weighted by molar-refractivity contribution is 0.354. The normalized spacial score (nSPS) is 12.5. The largest absolute Gasteiger partial charge is 0.493 e. The van der Waals surface area contributed by atoms with E-state index in [9.17, 15) is 0 Å². The second-order valence-electron chi connectivity index (χ2n) is 6.26. The standard InChI is InChI=1S/C18H31N3O2.HI/c1-13(2)7-6-8-14(3)21-18(19)20-12-15-9-10-16(22-4)17(11-15)23-5;/h9-11,13-14H,6-8,12H2,1-5H3,(H3,19,20,21);1H. The van der Waals surface area contributed by atoms with Gasteiger partial charge in [-0.05, 0) is 37.0 Å². The van der Waals surface area contributed by atoms with Crippen LogP contribution in [0, 0.1) is 5.92 Å². The molecule has 0 spiro atoms. The predicted octanol–water partition coefficient (Wildman–Crippen LogP) is 3.94. The molecular formula is C18H32IN3O2. The Kier molecular flexibility index (Phi) is 11.6. The zero-order valence-electron chi connectivity index (χ0n) is 15.5. The second-order valence-corrected chi connectivity index (χ2v) is 6.26. The van der Waals surface area contributed by atoms with Crippen molar-refractivity contribution in [2.24, 2.45) is 16.6 Å². The summed E-state index contributed by atoms with van der Waals surface area (Å²) in [4.78, 5) is 4.40. The van der Waals surface area contributed by atoms with E-state index < -0.39 is 0 Å². The van der Waals surface area contributed by atoms with Crippen LogP contribution in [0.25, 0.3) is 0 Å². The van der Waals surface area contributed by atoms with E-state index in [4.69, 9.17) is 15.2 Å². The van der Waals surface area contributed by atoms with E-state index in [1.165, 1.54) is 12.8 Å². The summed E-state index contributed by atoms with van der Waals surface area (Å²) >= 11 is 0. The van der Waals surface area contributed by atoms with Crippen molar-refractivity contribution in [3.8, 4) is 11.5 Å². The number of aliphatic imine (C=N–C) groups is 1. The van der Waals surface area contributed by atoms with E-state index in [-0.39, 0.29) is 24.0 Å². The lowest BCUT2D eigenvalue weighted by atomic mass is 10.0. The molecule has 24 heavy (non-hydrogen) atoms. The van der Waals surface area contributed by atoms with Gasteiger partial charge in [0.25, 0.3) is 0 Å². The van der Waals surface area contributed by atoms with Crippen LogP contribution in [0.15, 0.2) is 23.2 Å². The third-order valence-electron chi connectivity index (χ3n) is 3.69. The van der Waals surface area contributed by atoms with Crippen molar-refractivity contribution in [1.29, 1.82) is 0 Å². The highest BCUT2D eigenvalue weighted by Crippen LogP contribution is 2.27. The maximum Gasteiger partial charge on any atom is 0.189 e. The zero-order chi connectivity index (χ0) is 17.2. The molecule has 0 aliphatic rings. The molecule has 0 saturated heterocycles. The van der Waals surface area contributed by atoms with Crippen molar-refractivity contribution < 1.29 is 9.47 Å². The number of guanidine groups is 1. The highest BCUT2D eigenvalue weighted by Gasteiger charge is 2.06. The molecule has 0 heterocycles. The van der Waals surface area contributed by atoms with Crippen molar-refractivity contribution in [2.45, 2.75) is 52.6 Å². The van der Waals surface area contributed by atoms with E-state index in [1.54, 1.807) is 14.2 Å². The fraction of sp³-hybridized carbons (Fsp3) is 0.611. The van der Waals surface area contributed by atoms with Gasteiger partial charge in [-0.25, -0.2) is 4.99 Å². The summed E-state index contributed by atoms with van der Waals surface area (Å²) in [5, 5.41) is 3.25. The van der Waals surface area contributed by atoms with Crippen LogP contribution in [-0.4, -0.2) is 26.2 Å². The molecule has 0 fully saturated rings. The van der Waals surface area contributed by atoms with Crippen molar-refractivity contribution in [3.05, 3.63) is 23.8 Å². The van der Waals surface area contributed by atoms with Crippen LogP contribution in [0.2, 0.25) is 0 Å². The Balaban J connectivity index is 0.00000529. The Hall–Kier alpha value is -1.18. The second kappa shape index (κ2) is 12.2. The van der Waals surface area contributed by atoms with Gasteiger partial charge in [-0.15, -0.1) is 24.0 Å². The van der Waals surface area contributed by atoms with Gasteiger partial charge in [0, 0.05) is 6.04 Å². The molecule has 1 aromatic rings. The molecule has 0 aliphatic heterocycles. The molecule has 6 heteroatoms. The summed E-state index contributed by atoms with van der Waals surface area (Å²) in [5.41, 5.74) is 6.99. The van der Waals surface area contributed by atoms with Crippen LogP contribution in [0.4, 0.5) is 0 Å². The SMILES string of the molecule is COc1ccc(CN=C(N)NC(C)CCCC(C)C)cc1OC.I. The van der Waals surface area contributed by atoms with Gasteiger partial charge in [-0.2, -0.15) is 0 Å². The van der Waals surface area contributed by atoms with E-state index in [1.807, 2.05) is 18.2 Å². The molecule has 0 aliphatic carbocycles. The van der Waals surface area contributed by atoms with Gasteiger partial charge in [0.05, 0.1) is 20.8 Å². The number of hydrogen-bond acceptors (Lipinski definition) is 3. The highest BCUT2D eigenvalue weighted by atomic mass is 127. The van der Waals surface area contributed by atoms with Crippen molar-refractivity contribution in [1.82, 2.24) is 5.32 Å². The minimum atomic E-state index is 0. The molecule has 1 aromatic carbocycles. The molecule has 138 valence electrons. The maximum atomic E-state index is 5.96. The summed E-state index contributed by atoms with van der Waals surface area (Å²) in [7, 11) is 3.25. The number of ether oxygens (including phenoxy) is 2. The van der Waals surface area contributed by atoms with Crippen LogP contribution >= 0.6 is 24.0 Å². The fourth-order valence-corrected chi connectivity index (χ4v) is 2.36. The molecule has 0 radical (unpaired) electrons. The Morgan fingerprint density at radius 1 is 1.12 bits per heavy atom. The first-order valence-corrected chi connectivity index (χ1v) is 8.23. The monoisotopic (exact) mass is 449 g/mol. The Morgan fingerprint density at radius 3 is 2.38 bits per heavy atom. The number of halogens is 1. The summed E-state index contributed by atoms with van der Waals surface area (Å²) in [5.74, 6) is 2.65. The van der Waals surface area contributed by atoms with Gasteiger partial charge < -0.3 is 20.5 Å². The first-order chi connectivity index (χ1) is 11.0. The lowest BCUT2D eigenvalue weighted by Gasteiger charge is -2.15. The first-order valence-electron chi connectivity index (χ1n) is 8.23. The summed E-state index contributed by atoms with van der Waals surface area (Å²) in [6.45, 7) is 7.14. The Morgan fingerprint density at radius 2 is 1.79 bits per heavy atom. The molecule has 1 unspecified atom stereocenters. The van der Waals surface area contributed by atoms with Gasteiger partial charge in [0.1, 0.15) is 0 Å². The minimum absolute atomic E-state index is 0. The van der Waals surface area contributed by atoms with Crippen LogP contribution < -0.4 is 20.5 Å². The smallest absolute Gasteiger partial charge is 0.189 e. The molecule has 3 N–H and O–H groups in total. The average molecular weight is 449 g/mol. The van der Waals surface area contributed by atoms with Crippen molar-refractivity contribution >= 4 is 29.9 Å². The van der Waals surface area contributed by atoms with E-state index in [2.05, 4.69) is 31.1 Å². The van der Waals surface area contributed by atoms with Gasteiger partial charge in [0.15, 0.2) is 17.5 Å². The Bertz CT molecular complexity index is 507. The fourth-order valence-electron chi connectivity index (χ4n) is 2.36. The van der Waals surface area contributed by atoms with E-state index in [0.717, 1.165) is 17.9 Å². The molecule has 0 bridgehead atoms. The summed E-state index contributed by atoms with van der Waals surface area (Å²) in [6.07, 6.45) is 3.55. The minimum Gasteiger partial charge on any atom is -0.493 e. The summed E-state index contributed by atoms with van der Waals surface area (Å²) < 4.78 is 10.5. The highest BCUT2D eigenvalue weighted by molar-refractivity contribution is 14.0. The number of methoxy groups -OCH3 is 2. The average Bonchev–Trinajstić information content (AvgIpc) is 2.52. The third kappa shape index (κ3) is 8.61. The number of hydrogen-bond donors (Lipinski definition) is 2. The van der Waals surface area contributed by atoms with E-state index in [0.29, 0.717) is 30.0 Å².